The van der Waals surface area contributed by atoms with E-state index in [0.29, 0.717) is 22.5 Å². The van der Waals surface area contributed by atoms with Gasteiger partial charge in [0.25, 0.3) is 0 Å². The lowest BCUT2D eigenvalue weighted by atomic mass is 9.84. The van der Waals surface area contributed by atoms with Crippen molar-refractivity contribution >= 4 is 64.0 Å². The standard InChI is InChI=1S/C59H36N2O2S/c62-64(63)54-20-10-19-52-58(54)61(59(60-52)41-13-2-1-3-14-41)53-32-30-45(36-55(53)64)40-23-21-39(22-24-40)44-29-31-50-51(35-44)57(47-28-26-38-12-5-7-16-43(38)34-47)49-18-9-8-17-48(49)56(50)46-27-25-37-11-4-6-15-42(37)33-46/h1-36H. The van der Waals surface area contributed by atoms with Crippen LogP contribution in [0.4, 0.5) is 0 Å². The number of sulfone groups is 1. The fourth-order valence-electron chi connectivity index (χ4n) is 10.1. The maximum absolute atomic E-state index is 14.4. The number of aromatic nitrogens is 2. The predicted molar refractivity (Wildman–Crippen MR) is 264 cm³/mol. The van der Waals surface area contributed by atoms with Crippen LogP contribution in [-0.2, 0) is 9.84 Å². The van der Waals surface area contributed by atoms with Gasteiger partial charge in [-0.2, -0.15) is 0 Å². The normalized spacial score (nSPS) is 12.9. The number of hydrogen-bond acceptors (Lipinski definition) is 3. The molecule has 0 amide bonds. The van der Waals surface area contributed by atoms with E-state index in [4.69, 9.17) is 4.98 Å². The van der Waals surface area contributed by atoms with E-state index in [0.717, 1.165) is 27.8 Å². The number of rotatable bonds is 5. The lowest BCUT2D eigenvalue weighted by molar-refractivity contribution is 0.594. The van der Waals surface area contributed by atoms with Crippen molar-refractivity contribution in [2.75, 3.05) is 0 Å². The molecule has 0 unspecified atom stereocenters. The van der Waals surface area contributed by atoms with Crippen molar-refractivity contribution < 1.29 is 8.42 Å². The molecule has 0 spiro atoms. The highest BCUT2D eigenvalue weighted by molar-refractivity contribution is 7.92. The average molecular weight is 837 g/mol. The zero-order valence-electron chi connectivity index (χ0n) is 34.4. The van der Waals surface area contributed by atoms with E-state index in [9.17, 15) is 8.42 Å². The highest BCUT2D eigenvalue weighted by Gasteiger charge is 2.34. The zero-order chi connectivity index (χ0) is 42.5. The van der Waals surface area contributed by atoms with Gasteiger partial charge in [0.15, 0.2) is 0 Å². The van der Waals surface area contributed by atoms with Gasteiger partial charge in [-0.25, -0.2) is 13.4 Å². The quantitative estimate of drug-likeness (QED) is 0.162. The minimum absolute atomic E-state index is 0.273. The molecule has 1 aliphatic heterocycles. The molecule has 12 aromatic rings. The second-order valence-corrected chi connectivity index (χ2v) is 18.6. The van der Waals surface area contributed by atoms with Crippen molar-refractivity contribution in [3.63, 3.8) is 0 Å². The molecule has 13 rings (SSSR count). The first-order valence-electron chi connectivity index (χ1n) is 21.5. The van der Waals surface area contributed by atoms with Gasteiger partial charge < -0.3 is 0 Å². The summed E-state index contributed by atoms with van der Waals surface area (Å²) in [5, 5.41) is 9.65. The van der Waals surface area contributed by atoms with Crippen LogP contribution < -0.4 is 0 Å². The molecule has 0 radical (unpaired) electrons. The predicted octanol–water partition coefficient (Wildman–Crippen LogP) is 15.1. The van der Waals surface area contributed by atoms with Crippen LogP contribution in [0.3, 0.4) is 0 Å². The summed E-state index contributed by atoms with van der Waals surface area (Å²) in [7, 11) is -3.83. The second-order valence-electron chi connectivity index (χ2n) is 16.7. The Bertz CT molecular complexity index is 4020. The first-order valence-corrected chi connectivity index (χ1v) is 23.0. The molecule has 2 heterocycles. The molecule has 1 aromatic heterocycles. The molecule has 1 aliphatic rings. The summed E-state index contributed by atoms with van der Waals surface area (Å²) in [4.78, 5) is 5.48. The van der Waals surface area contributed by atoms with Crippen LogP contribution in [0.2, 0.25) is 0 Å². The summed E-state index contributed by atoms with van der Waals surface area (Å²) >= 11 is 0. The Kier molecular flexibility index (Phi) is 7.96. The summed E-state index contributed by atoms with van der Waals surface area (Å²) in [6.45, 7) is 0. The van der Waals surface area contributed by atoms with Crippen molar-refractivity contribution in [2.45, 2.75) is 9.79 Å². The van der Waals surface area contributed by atoms with E-state index in [2.05, 4.69) is 152 Å². The van der Waals surface area contributed by atoms with E-state index in [1.165, 1.54) is 65.3 Å². The third-order valence-electron chi connectivity index (χ3n) is 13.1. The molecule has 0 atom stereocenters. The monoisotopic (exact) mass is 836 g/mol. The Morgan fingerprint density at radius 2 is 0.859 bits per heavy atom. The van der Waals surface area contributed by atoms with Gasteiger partial charge >= 0.3 is 0 Å². The van der Waals surface area contributed by atoms with Crippen LogP contribution in [0, 0.1) is 0 Å². The van der Waals surface area contributed by atoms with E-state index in [1.807, 2.05) is 59.2 Å². The number of imidazole rings is 1. The van der Waals surface area contributed by atoms with Gasteiger partial charge in [0.05, 0.1) is 26.5 Å². The summed E-state index contributed by atoms with van der Waals surface area (Å²) in [5.41, 5.74) is 11.5. The minimum atomic E-state index is -3.83. The Morgan fingerprint density at radius 3 is 1.52 bits per heavy atom. The van der Waals surface area contributed by atoms with Crippen LogP contribution in [0.15, 0.2) is 228 Å². The van der Waals surface area contributed by atoms with E-state index in [1.54, 1.807) is 12.1 Å². The van der Waals surface area contributed by atoms with Gasteiger partial charge in [0.2, 0.25) is 9.84 Å². The van der Waals surface area contributed by atoms with Gasteiger partial charge in [-0.05, 0) is 130 Å². The fraction of sp³-hybridized carbons (Fsp3) is 0. The van der Waals surface area contributed by atoms with Gasteiger partial charge in [0.1, 0.15) is 5.82 Å². The Balaban J connectivity index is 0.961. The van der Waals surface area contributed by atoms with Crippen LogP contribution in [0.25, 0.3) is 116 Å². The topological polar surface area (TPSA) is 52.0 Å². The highest BCUT2D eigenvalue weighted by Crippen LogP contribution is 2.47. The maximum atomic E-state index is 14.4. The van der Waals surface area contributed by atoms with Gasteiger partial charge in [-0.1, -0.05) is 176 Å². The van der Waals surface area contributed by atoms with Crippen molar-refractivity contribution in [1.82, 2.24) is 9.55 Å². The van der Waals surface area contributed by atoms with Crippen molar-refractivity contribution in [2.24, 2.45) is 0 Å². The lowest BCUT2D eigenvalue weighted by Crippen LogP contribution is -2.15. The summed E-state index contributed by atoms with van der Waals surface area (Å²) in [6.07, 6.45) is 0. The summed E-state index contributed by atoms with van der Waals surface area (Å²) < 4.78 is 30.7. The number of nitrogens with zero attached hydrogens (tertiary/aromatic N) is 2. The molecule has 0 fully saturated rings. The third kappa shape index (κ3) is 5.54. The Labute approximate surface area is 369 Å². The number of para-hydroxylation sites is 1. The molecule has 300 valence electrons. The highest BCUT2D eigenvalue weighted by atomic mass is 32.2. The summed E-state index contributed by atoms with van der Waals surface area (Å²) in [6, 6.07) is 76.0. The van der Waals surface area contributed by atoms with E-state index >= 15 is 0 Å². The van der Waals surface area contributed by atoms with Crippen LogP contribution in [0.5, 0.6) is 0 Å². The maximum Gasteiger partial charge on any atom is 0.210 e. The number of fused-ring (bicyclic) bond motifs is 6. The van der Waals surface area contributed by atoms with E-state index < -0.39 is 9.84 Å². The van der Waals surface area contributed by atoms with Gasteiger partial charge in [-0.15, -0.1) is 0 Å². The molecular weight excluding hydrogens is 801 g/mol. The van der Waals surface area contributed by atoms with Crippen molar-refractivity contribution in [1.29, 1.82) is 0 Å². The minimum Gasteiger partial charge on any atom is -0.290 e. The first-order chi connectivity index (χ1) is 31.5. The van der Waals surface area contributed by atoms with Crippen molar-refractivity contribution in [3.05, 3.63) is 218 Å². The first kappa shape index (κ1) is 36.5. The smallest absolute Gasteiger partial charge is 0.210 e. The van der Waals surface area contributed by atoms with Crippen LogP contribution in [-0.4, -0.2) is 18.0 Å². The molecule has 0 saturated heterocycles. The molecule has 0 bridgehead atoms. The molecule has 0 saturated carbocycles. The Hall–Kier alpha value is -8.12. The average Bonchev–Trinajstić information content (AvgIpc) is 3.75. The zero-order valence-corrected chi connectivity index (χ0v) is 35.2. The third-order valence-corrected chi connectivity index (χ3v) is 14.9. The van der Waals surface area contributed by atoms with E-state index in [-0.39, 0.29) is 9.79 Å². The van der Waals surface area contributed by atoms with Gasteiger partial charge in [-0.3, -0.25) is 4.57 Å². The molecule has 11 aromatic carbocycles. The Morgan fingerprint density at radius 1 is 0.344 bits per heavy atom. The SMILES string of the molecule is O=S1(=O)c2cc(-c3ccc(-c4ccc5c(-c6ccc7ccccc7c6)c6ccccc6c(-c6ccc7ccccc7c6)c5c4)cc3)ccc2-n2c(-c3ccccc3)nc3cccc1c32. The second kappa shape index (κ2) is 13.9. The number of benzene rings is 11. The number of hydrogen-bond donors (Lipinski definition) is 0. The molecule has 4 nitrogen and oxygen atoms in total. The largest absolute Gasteiger partial charge is 0.290 e. The molecular formula is C59H36N2O2S. The molecule has 0 aliphatic carbocycles. The van der Waals surface area contributed by atoms with Crippen LogP contribution in [0.1, 0.15) is 0 Å². The molecule has 0 N–H and O–H groups in total. The summed E-state index contributed by atoms with van der Waals surface area (Å²) in [5.74, 6) is 0.716. The molecule has 64 heavy (non-hydrogen) atoms. The lowest BCUT2D eigenvalue weighted by Gasteiger charge is -2.22. The molecule has 5 heteroatoms. The fourth-order valence-corrected chi connectivity index (χ4v) is 11.7. The van der Waals surface area contributed by atoms with Gasteiger partial charge in [0, 0.05) is 5.56 Å². The van der Waals surface area contributed by atoms with Crippen LogP contribution >= 0.6 is 0 Å². The van der Waals surface area contributed by atoms with Crippen molar-refractivity contribution in [3.8, 4) is 61.6 Å².